The molecule has 0 atom stereocenters. The fourth-order valence-corrected chi connectivity index (χ4v) is 2.11. The van der Waals surface area contributed by atoms with Crippen LogP contribution in [0.25, 0.3) is 0 Å². The van der Waals surface area contributed by atoms with Crippen molar-refractivity contribution in [2.45, 2.75) is 0 Å². The zero-order valence-electron chi connectivity index (χ0n) is 9.52. The number of halogens is 2. The molecule has 0 spiro atoms. The molecule has 0 unspecified atom stereocenters. The van der Waals surface area contributed by atoms with Crippen molar-refractivity contribution >= 4 is 39.1 Å². The monoisotopic (exact) mass is 335 g/mol. The number of hydrogen-bond donors (Lipinski definition) is 1. The third-order valence-corrected chi connectivity index (χ3v) is 3.31. The van der Waals surface area contributed by atoms with Gasteiger partial charge in [0.25, 0.3) is 5.91 Å². The first kappa shape index (κ1) is 13.5. The molecule has 0 saturated heterocycles. The molecule has 0 radical (unpaired) electrons. The summed E-state index contributed by atoms with van der Waals surface area (Å²) in [7, 11) is 0. The second kappa shape index (κ2) is 5.83. The van der Waals surface area contributed by atoms with Gasteiger partial charge in [0.15, 0.2) is 0 Å². The molecule has 0 bridgehead atoms. The Bertz CT molecular complexity index is 682. The summed E-state index contributed by atoms with van der Waals surface area (Å²) in [4.78, 5) is 15.9. The number of nitriles is 1. The van der Waals surface area contributed by atoms with E-state index >= 15 is 0 Å². The number of anilines is 1. The predicted octanol–water partition coefficient (Wildman–Crippen LogP) is 3.62. The summed E-state index contributed by atoms with van der Waals surface area (Å²) in [6, 6.07) is 10.1. The molecular formula is C13H7BrClN3O. The van der Waals surface area contributed by atoms with E-state index in [4.69, 9.17) is 16.9 Å². The van der Waals surface area contributed by atoms with Crippen molar-refractivity contribution in [2.24, 2.45) is 0 Å². The first-order valence-electron chi connectivity index (χ1n) is 5.23. The predicted molar refractivity (Wildman–Crippen MR) is 76.1 cm³/mol. The molecule has 0 aliphatic rings. The van der Waals surface area contributed by atoms with Gasteiger partial charge >= 0.3 is 0 Å². The summed E-state index contributed by atoms with van der Waals surface area (Å²) >= 11 is 9.14. The first-order valence-corrected chi connectivity index (χ1v) is 6.40. The highest BCUT2D eigenvalue weighted by Crippen LogP contribution is 2.24. The van der Waals surface area contributed by atoms with E-state index < -0.39 is 0 Å². The summed E-state index contributed by atoms with van der Waals surface area (Å²) in [6.45, 7) is 0. The number of aromatic nitrogens is 1. The molecule has 94 valence electrons. The minimum atomic E-state index is -0.358. The van der Waals surface area contributed by atoms with Gasteiger partial charge in [-0.3, -0.25) is 4.79 Å². The van der Waals surface area contributed by atoms with Gasteiger partial charge in [0, 0.05) is 10.7 Å². The van der Waals surface area contributed by atoms with Crippen LogP contribution in [0.3, 0.4) is 0 Å². The molecule has 0 fully saturated rings. The standard InChI is InChI=1S/C13H7BrClN3O/c14-10-6-8(7-16)3-4-11(10)18-13(19)9-2-1-5-17-12(9)15/h1-6H,(H,18,19). The molecule has 0 aliphatic heterocycles. The van der Waals surface area contributed by atoms with E-state index in [-0.39, 0.29) is 11.1 Å². The van der Waals surface area contributed by atoms with Crippen LogP contribution in [-0.2, 0) is 0 Å². The summed E-state index contributed by atoms with van der Waals surface area (Å²) in [5, 5.41) is 11.6. The molecule has 0 aliphatic carbocycles. The van der Waals surface area contributed by atoms with Crippen LogP contribution in [0.4, 0.5) is 5.69 Å². The van der Waals surface area contributed by atoms with E-state index in [1.807, 2.05) is 6.07 Å². The molecule has 4 nitrogen and oxygen atoms in total. The van der Waals surface area contributed by atoms with E-state index in [0.29, 0.717) is 21.3 Å². The maximum absolute atomic E-state index is 12.0. The number of hydrogen-bond acceptors (Lipinski definition) is 3. The highest BCUT2D eigenvalue weighted by molar-refractivity contribution is 9.10. The lowest BCUT2D eigenvalue weighted by Crippen LogP contribution is -2.13. The molecule has 1 amide bonds. The van der Waals surface area contributed by atoms with Crippen LogP contribution in [-0.4, -0.2) is 10.9 Å². The third kappa shape index (κ3) is 3.11. The van der Waals surface area contributed by atoms with Crippen molar-refractivity contribution in [1.82, 2.24) is 4.98 Å². The molecule has 1 aromatic heterocycles. The highest BCUT2D eigenvalue weighted by Gasteiger charge is 2.12. The molecule has 0 saturated carbocycles. The average molecular weight is 337 g/mol. The van der Waals surface area contributed by atoms with Crippen molar-refractivity contribution in [2.75, 3.05) is 5.32 Å². The highest BCUT2D eigenvalue weighted by atomic mass is 79.9. The Morgan fingerprint density at radius 2 is 2.21 bits per heavy atom. The average Bonchev–Trinajstić information content (AvgIpc) is 2.41. The number of nitrogens with zero attached hydrogens (tertiary/aromatic N) is 2. The number of carbonyl (C=O) groups excluding carboxylic acids is 1. The zero-order valence-corrected chi connectivity index (χ0v) is 11.9. The Labute approximate surface area is 123 Å². The van der Waals surface area contributed by atoms with Gasteiger partial charge in [-0.15, -0.1) is 0 Å². The fraction of sp³-hybridized carbons (Fsp3) is 0. The molecule has 6 heteroatoms. The minimum absolute atomic E-state index is 0.143. The van der Waals surface area contributed by atoms with Crippen LogP contribution in [0.1, 0.15) is 15.9 Å². The smallest absolute Gasteiger partial charge is 0.258 e. The van der Waals surface area contributed by atoms with E-state index in [2.05, 4.69) is 26.2 Å². The van der Waals surface area contributed by atoms with Gasteiger partial charge < -0.3 is 5.32 Å². The molecule has 19 heavy (non-hydrogen) atoms. The number of rotatable bonds is 2. The summed E-state index contributed by atoms with van der Waals surface area (Å²) in [5.41, 5.74) is 1.36. The SMILES string of the molecule is N#Cc1ccc(NC(=O)c2cccnc2Cl)c(Br)c1. The van der Waals surface area contributed by atoms with Crippen LogP contribution in [0, 0.1) is 11.3 Å². The van der Waals surface area contributed by atoms with Crippen molar-refractivity contribution in [1.29, 1.82) is 5.26 Å². The molecular weight excluding hydrogens is 330 g/mol. The molecule has 2 aromatic rings. The fourth-order valence-electron chi connectivity index (χ4n) is 1.43. The Hall–Kier alpha value is -1.90. The molecule has 1 aromatic carbocycles. The van der Waals surface area contributed by atoms with Gasteiger partial charge in [-0.2, -0.15) is 5.26 Å². The second-order valence-corrected chi connectivity index (χ2v) is 4.81. The van der Waals surface area contributed by atoms with E-state index in [1.54, 1.807) is 30.3 Å². The normalized spacial score (nSPS) is 9.74. The van der Waals surface area contributed by atoms with E-state index in [1.165, 1.54) is 6.20 Å². The van der Waals surface area contributed by atoms with Crippen LogP contribution in [0.2, 0.25) is 5.15 Å². The third-order valence-electron chi connectivity index (χ3n) is 2.35. The van der Waals surface area contributed by atoms with Gasteiger partial charge in [0.05, 0.1) is 22.9 Å². The largest absolute Gasteiger partial charge is 0.321 e. The molecule has 1 heterocycles. The van der Waals surface area contributed by atoms with E-state index in [9.17, 15) is 4.79 Å². The lowest BCUT2D eigenvalue weighted by Gasteiger charge is -2.08. The van der Waals surface area contributed by atoms with Gasteiger partial charge in [-0.1, -0.05) is 11.6 Å². The molecule has 2 rings (SSSR count). The van der Waals surface area contributed by atoms with Crippen LogP contribution < -0.4 is 5.32 Å². The Balaban J connectivity index is 2.25. The van der Waals surface area contributed by atoms with Gasteiger partial charge in [0.1, 0.15) is 5.15 Å². The maximum atomic E-state index is 12.0. The summed E-state index contributed by atoms with van der Waals surface area (Å²) in [6.07, 6.45) is 1.51. The van der Waals surface area contributed by atoms with Crippen molar-refractivity contribution in [3.63, 3.8) is 0 Å². The van der Waals surface area contributed by atoms with Gasteiger partial charge in [-0.25, -0.2) is 4.98 Å². The maximum Gasteiger partial charge on any atom is 0.258 e. The Morgan fingerprint density at radius 1 is 1.42 bits per heavy atom. The topological polar surface area (TPSA) is 65.8 Å². The van der Waals surface area contributed by atoms with Gasteiger partial charge in [-0.05, 0) is 46.3 Å². The lowest BCUT2D eigenvalue weighted by molar-refractivity contribution is 0.102. The number of pyridine rings is 1. The first-order chi connectivity index (χ1) is 9.11. The van der Waals surface area contributed by atoms with Crippen molar-refractivity contribution < 1.29 is 4.79 Å². The number of nitrogens with one attached hydrogen (secondary N) is 1. The minimum Gasteiger partial charge on any atom is -0.321 e. The van der Waals surface area contributed by atoms with Crippen molar-refractivity contribution in [3.8, 4) is 6.07 Å². The number of benzene rings is 1. The number of carbonyl (C=O) groups is 1. The van der Waals surface area contributed by atoms with Crippen LogP contribution in [0.5, 0.6) is 0 Å². The Morgan fingerprint density at radius 3 is 2.84 bits per heavy atom. The second-order valence-electron chi connectivity index (χ2n) is 3.60. The van der Waals surface area contributed by atoms with E-state index in [0.717, 1.165) is 0 Å². The van der Waals surface area contributed by atoms with Gasteiger partial charge in [0.2, 0.25) is 0 Å². The lowest BCUT2D eigenvalue weighted by atomic mass is 10.2. The zero-order chi connectivity index (χ0) is 13.8. The Kier molecular flexibility index (Phi) is 4.15. The summed E-state index contributed by atoms with van der Waals surface area (Å²) in [5.74, 6) is -0.358. The van der Waals surface area contributed by atoms with Crippen molar-refractivity contribution in [3.05, 3.63) is 57.3 Å². The quantitative estimate of drug-likeness (QED) is 0.852. The molecule has 1 N–H and O–H groups in total. The number of amides is 1. The summed E-state index contributed by atoms with van der Waals surface area (Å²) < 4.78 is 0.625. The van der Waals surface area contributed by atoms with Crippen LogP contribution in [0.15, 0.2) is 41.0 Å². The van der Waals surface area contributed by atoms with Crippen LogP contribution >= 0.6 is 27.5 Å².